The fourth-order valence-corrected chi connectivity index (χ4v) is 1.22. The Hall–Kier alpha value is -1.39. The summed E-state index contributed by atoms with van der Waals surface area (Å²) in [5.41, 5.74) is 6.29. The van der Waals surface area contributed by atoms with E-state index in [2.05, 4.69) is 5.32 Å². The first-order valence-electron chi connectivity index (χ1n) is 4.87. The molecule has 0 aliphatic rings. The van der Waals surface area contributed by atoms with Gasteiger partial charge in [0.1, 0.15) is 0 Å². The lowest BCUT2D eigenvalue weighted by molar-refractivity contribution is -0.123. The van der Waals surface area contributed by atoms with E-state index in [0.29, 0.717) is 0 Å². The van der Waals surface area contributed by atoms with Gasteiger partial charge in [-0.3, -0.25) is 4.79 Å². The Bertz CT molecular complexity index is 312. The number of rotatable bonds is 4. The molecule has 0 bridgehead atoms. The maximum atomic E-state index is 11.3. The van der Waals surface area contributed by atoms with Crippen molar-refractivity contribution < 1.29 is 9.90 Å². The summed E-state index contributed by atoms with van der Waals surface area (Å²) in [7, 11) is 0. The second kappa shape index (κ2) is 5.48. The van der Waals surface area contributed by atoms with E-state index in [1.54, 1.807) is 6.92 Å². The van der Waals surface area contributed by atoms with E-state index in [9.17, 15) is 4.79 Å². The number of aliphatic hydroxyl groups excluding tert-OH is 1. The van der Waals surface area contributed by atoms with E-state index in [4.69, 9.17) is 10.8 Å². The van der Waals surface area contributed by atoms with Gasteiger partial charge in [0.05, 0.1) is 18.7 Å². The Balaban J connectivity index is 2.69. The third-order valence-corrected chi connectivity index (χ3v) is 2.11. The molecule has 1 amide bonds. The average Bonchev–Trinajstić information content (AvgIpc) is 2.26. The Morgan fingerprint density at radius 3 is 2.53 bits per heavy atom. The summed E-state index contributed by atoms with van der Waals surface area (Å²) in [6.07, 6.45) is 0. The Morgan fingerprint density at radius 1 is 1.47 bits per heavy atom. The van der Waals surface area contributed by atoms with Crippen molar-refractivity contribution in [1.29, 1.82) is 0 Å². The molecule has 1 aromatic carbocycles. The van der Waals surface area contributed by atoms with Crippen LogP contribution in [0.1, 0.15) is 18.5 Å². The number of hydrogen-bond acceptors (Lipinski definition) is 3. The van der Waals surface area contributed by atoms with E-state index in [0.717, 1.165) is 5.56 Å². The molecule has 0 heterocycles. The summed E-state index contributed by atoms with van der Waals surface area (Å²) >= 11 is 0. The van der Waals surface area contributed by atoms with E-state index < -0.39 is 6.04 Å². The zero-order valence-electron chi connectivity index (χ0n) is 8.68. The second-order valence-electron chi connectivity index (χ2n) is 3.44. The van der Waals surface area contributed by atoms with E-state index in [1.807, 2.05) is 30.3 Å². The molecule has 0 fully saturated rings. The lowest BCUT2D eigenvalue weighted by Gasteiger charge is -2.17. The Morgan fingerprint density at radius 2 is 2.07 bits per heavy atom. The molecule has 0 saturated heterocycles. The zero-order chi connectivity index (χ0) is 11.3. The van der Waals surface area contributed by atoms with Gasteiger partial charge in [0.2, 0.25) is 5.91 Å². The van der Waals surface area contributed by atoms with Crippen molar-refractivity contribution in [3.8, 4) is 0 Å². The number of aliphatic hydroxyl groups is 1. The second-order valence-corrected chi connectivity index (χ2v) is 3.44. The van der Waals surface area contributed by atoms with Crippen LogP contribution in [-0.2, 0) is 4.79 Å². The van der Waals surface area contributed by atoms with Gasteiger partial charge in [-0.2, -0.15) is 0 Å². The van der Waals surface area contributed by atoms with Gasteiger partial charge in [-0.15, -0.1) is 0 Å². The normalized spacial score (nSPS) is 14.3. The molecule has 1 aromatic rings. The molecule has 0 aliphatic carbocycles. The van der Waals surface area contributed by atoms with Crippen LogP contribution in [0.4, 0.5) is 0 Å². The number of nitrogens with two attached hydrogens (primary N) is 1. The summed E-state index contributed by atoms with van der Waals surface area (Å²) in [6, 6.07) is 8.34. The minimum atomic E-state index is -0.567. The van der Waals surface area contributed by atoms with Crippen molar-refractivity contribution in [2.75, 3.05) is 6.61 Å². The van der Waals surface area contributed by atoms with E-state index in [-0.39, 0.29) is 18.6 Å². The highest BCUT2D eigenvalue weighted by Gasteiger charge is 2.15. The minimum absolute atomic E-state index is 0.136. The van der Waals surface area contributed by atoms with Gasteiger partial charge in [-0.05, 0) is 12.5 Å². The number of carbonyl (C=O) groups is 1. The highest BCUT2D eigenvalue weighted by atomic mass is 16.3. The molecule has 0 aliphatic heterocycles. The molecule has 4 heteroatoms. The van der Waals surface area contributed by atoms with Gasteiger partial charge in [0.25, 0.3) is 0 Å². The number of hydrogen-bond donors (Lipinski definition) is 3. The van der Waals surface area contributed by atoms with Gasteiger partial charge < -0.3 is 16.2 Å². The molecule has 15 heavy (non-hydrogen) atoms. The maximum Gasteiger partial charge on any atom is 0.237 e. The van der Waals surface area contributed by atoms with Gasteiger partial charge in [-0.1, -0.05) is 30.3 Å². The van der Waals surface area contributed by atoms with Crippen LogP contribution >= 0.6 is 0 Å². The van der Waals surface area contributed by atoms with Crippen LogP contribution in [0.25, 0.3) is 0 Å². The predicted molar refractivity (Wildman–Crippen MR) is 58.1 cm³/mol. The summed E-state index contributed by atoms with van der Waals surface area (Å²) in [5, 5.41) is 11.8. The summed E-state index contributed by atoms with van der Waals surface area (Å²) in [5.74, 6) is -0.266. The lowest BCUT2D eigenvalue weighted by atomic mass is 10.1. The van der Waals surface area contributed by atoms with Crippen molar-refractivity contribution in [2.24, 2.45) is 5.73 Å². The van der Waals surface area contributed by atoms with Crippen molar-refractivity contribution in [1.82, 2.24) is 5.32 Å². The number of nitrogens with one attached hydrogen (secondary N) is 1. The molecule has 4 N–H and O–H groups in total. The minimum Gasteiger partial charge on any atom is -0.394 e. The first-order valence-corrected chi connectivity index (χ1v) is 4.87. The van der Waals surface area contributed by atoms with Crippen LogP contribution in [0, 0.1) is 0 Å². The number of amides is 1. The standard InChI is InChI=1S/C11H16N2O2/c1-8(12)11(15)13-10(7-14)9-5-3-2-4-6-9/h2-6,8,10,14H,7,12H2,1H3,(H,13,15)/t8-,10+/m0/s1. The zero-order valence-corrected chi connectivity index (χ0v) is 8.68. The molecule has 2 atom stereocenters. The van der Waals surface area contributed by atoms with Gasteiger partial charge in [0, 0.05) is 0 Å². The SMILES string of the molecule is C[C@H](N)C(=O)N[C@H](CO)c1ccccc1. The first kappa shape index (κ1) is 11.7. The van der Waals surface area contributed by atoms with Crippen molar-refractivity contribution in [3.63, 3.8) is 0 Å². The van der Waals surface area contributed by atoms with Gasteiger partial charge in [0.15, 0.2) is 0 Å². The largest absolute Gasteiger partial charge is 0.394 e. The van der Waals surface area contributed by atoms with Gasteiger partial charge >= 0.3 is 0 Å². The highest BCUT2D eigenvalue weighted by Crippen LogP contribution is 2.11. The Kier molecular flexibility index (Phi) is 4.27. The lowest BCUT2D eigenvalue weighted by Crippen LogP contribution is -2.41. The third kappa shape index (κ3) is 3.34. The highest BCUT2D eigenvalue weighted by molar-refractivity contribution is 5.81. The number of benzene rings is 1. The Labute approximate surface area is 89.1 Å². The summed E-state index contributed by atoms with van der Waals surface area (Å²) in [6.45, 7) is 1.47. The molecule has 0 aromatic heterocycles. The van der Waals surface area contributed by atoms with Crippen molar-refractivity contribution in [2.45, 2.75) is 19.0 Å². The van der Waals surface area contributed by atoms with Crippen LogP contribution < -0.4 is 11.1 Å². The molecule has 0 unspecified atom stereocenters. The fraction of sp³-hybridized carbons (Fsp3) is 0.364. The molecule has 4 nitrogen and oxygen atoms in total. The molecule has 82 valence electrons. The average molecular weight is 208 g/mol. The summed E-state index contributed by atoms with van der Waals surface area (Å²) < 4.78 is 0. The first-order chi connectivity index (χ1) is 7.15. The van der Waals surface area contributed by atoms with Crippen LogP contribution in [0.3, 0.4) is 0 Å². The molecular formula is C11H16N2O2. The van der Waals surface area contributed by atoms with Crippen molar-refractivity contribution in [3.05, 3.63) is 35.9 Å². The van der Waals surface area contributed by atoms with Crippen LogP contribution in [0.2, 0.25) is 0 Å². The number of carbonyl (C=O) groups excluding carboxylic acids is 1. The van der Waals surface area contributed by atoms with Crippen molar-refractivity contribution >= 4 is 5.91 Å². The monoisotopic (exact) mass is 208 g/mol. The van der Waals surface area contributed by atoms with E-state index >= 15 is 0 Å². The quantitative estimate of drug-likeness (QED) is 0.661. The fourth-order valence-electron chi connectivity index (χ4n) is 1.22. The molecule has 0 radical (unpaired) electrons. The third-order valence-electron chi connectivity index (χ3n) is 2.11. The molecular weight excluding hydrogens is 192 g/mol. The van der Waals surface area contributed by atoms with Gasteiger partial charge in [-0.25, -0.2) is 0 Å². The van der Waals surface area contributed by atoms with E-state index in [1.165, 1.54) is 0 Å². The molecule has 0 saturated carbocycles. The topological polar surface area (TPSA) is 75.4 Å². The molecule has 0 spiro atoms. The van der Waals surface area contributed by atoms with Crippen LogP contribution in [0.5, 0.6) is 0 Å². The predicted octanol–water partition coefficient (Wildman–Crippen LogP) is 0.183. The smallest absolute Gasteiger partial charge is 0.237 e. The summed E-state index contributed by atoms with van der Waals surface area (Å²) in [4.78, 5) is 11.3. The van der Waals surface area contributed by atoms with Crippen LogP contribution in [-0.4, -0.2) is 23.7 Å². The maximum absolute atomic E-state index is 11.3. The molecule has 1 rings (SSSR count). The van der Waals surface area contributed by atoms with Crippen LogP contribution in [0.15, 0.2) is 30.3 Å².